The van der Waals surface area contributed by atoms with Crippen molar-refractivity contribution in [3.05, 3.63) is 12.2 Å². The van der Waals surface area contributed by atoms with E-state index in [4.69, 9.17) is 8.85 Å². The van der Waals surface area contributed by atoms with Gasteiger partial charge in [0.2, 0.25) is 0 Å². The SMILES string of the molecule is CC(O)C(C)C(O[Si](C)(C)C(C)(C)C)C(C)C/C=C\C(C)C(O[Si](C)(C)C(C)(C)C)C(C)CO. The van der Waals surface area contributed by atoms with E-state index >= 15 is 0 Å². The maximum Gasteiger partial charge on any atom is 0.192 e. The minimum Gasteiger partial charge on any atom is -0.413 e. The summed E-state index contributed by atoms with van der Waals surface area (Å²) in [5.41, 5.74) is 0. The quantitative estimate of drug-likeness (QED) is 0.195. The van der Waals surface area contributed by atoms with Gasteiger partial charge in [-0.15, -0.1) is 0 Å². The van der Waals surface area contributed by atoms with Crippen LogP contribution in [0.25, 0.3) is 0 Å². The van der Waals surface area contributed by atoms with Gasteiger partial charge in [-0.2, -0.15) is 0 Å². The van der Waals surface area contributed by atoms with Crippen LogP contribution >= 0.6 is 0 Å². The van der Waals surface area contributed by atoms with Gasteiger partial charge < -0.3 is 19.1 Å². The van der Waals surface area contributed by atoms with Crippen LogP contribution in [-0.4, -0.2) is 51.8 Å². The molecule has 0 rings (SSSR count). The Morgan fingerprint density at radius 3 is 1.50 bits per heavy atom. The number of aliphatic hydroxyl groups excluding tert-OH is 2. The van der Waals surface area contributed by atoms with E-state index in [1.54, 1.807) is 0 Å². The van der Waals surface area contributed by atoms with Crippen LogP contribution < -0.4 is 0 Å². The highest BCUT2D eigenvalue weighted by molar-refractivity contribution is 6.74. The third kappa shape index (κ3) is 9.81. The maximum atomic E-state index is 10.4. The van der Waals surface area contributed by atoms with Gasteiger partial charge in [0.15, 0.2) is 16.6 Å². The van der Waals surface area contributed by atoms with E-state index in [0.717, 1.165) is 6.42 Å². The second-order valence-corrected chi connectivity index (χ2v) is 23.5. The molecule has 0 aromatic rings. The summed E-state index contributed by atoms with van der Waals surface area (Å²) in [6.45, 7) is 33.3. The van der Waals surface area contributed by atoms with Gasteiger partial charge in [0.05, 0.1) is 18.3 Å². The molecule has 7 atom stereocenters. The molecule has 0 aliphatic heterocycles. The molecule has 0 aromatic heterocycles. The maximum absolute atomic E-state index is 10.4. The molecule has 0 saturated carbocycles. The normalized spacial score (nSPS) is 20.6. The number of hydrogen-bond donors (Lipinski definition) is 2. The summed E-state index contributed by atoms with van der Waals surface area (Å²) in [6, 6.07) is 0. The molecule has 0 aliphatic carbocycles. The minimum absolute atomic E-state index is 0.00638. The molecule has 0 aromatic carbocycles. The molecule has 0 amide bonds. The van der Waals surface area contributed by atoms with E-state index in [9.17, 15) is 10.2 Å². The van der Waals surface area contributed by atoms with Crippen molar-refractivity contribution in [2.75, 3.05) is 6.61 Å². The van der Waals surface area contributed by atoms with Crippen molar-refractivity contribution in [2.45, 2.75) is 137 Å². The van der Waals surface area contributed by atoms with Crippen LogP contribution in [0.4, 0.5) is 0 Å². The summed E-state index contributed by atoms with van der Waals surface area (Å²) < 4.78 is 13.6. The first-order chi connectivity index (χ1) is 15.1. The molecule has 0 aliphatic rings. The van der Waals surface area contributed by atoms with Gasteiger partial charge in [-0.3, -0.25) is 0 Å². The van der Waals surface area contributed by atoms with Crippen molar-refractivity contribution >= 4 is 16.6 Å². The van der Waals surface area contributed by atoms with E-state index < -0.39 is 22.7 Å². The molecular formula is C28H60O4Si2. The van der Waals surface area contributed by atoms with E-state index in [2.05, 4.69) is 108 Å². The zero-order valence-electron chi connectivity index (χ0n) is 25.3. The fraction of sp³-hybridized carbons (Fsp3) is 0.929. The predicted octanol–water partition coefficient (Wildman–Crippen LogP) is 7.63. The van der Waals surface area contributed by atoms with Crippen molar-refractivity contribution < 1.29 is 19.1 Å². The first-order valence-corrected chi connectivity index (χ1v) is 19.2. The summed E-state index contributed by atoms with van der Waals surface area (Å²) in [4.78, 5) is 0. The van der Waals surface area contributed by atoms with Crippen LogP contribution in [0.5, 0.6) is 0 Å². The van der Waals surface area contributed by atoms with Crippen LogP contribution in [0.2, 0.25) is 36.3 Å². The molecule has 0 spiro atoms. The fourth-order valence-corrected chi connectivity index (χ4v) is 6.61. The average Bonchev–Trinajstić information content (AvgIpc) is 2.66. The first kappa shape index (κ1) is 34.0. The predicted molar refractivity (Wildman–Crippen MR) is 153 cm³/mol. The van der Waals surface area contributed by atoms with E-state index in [-0.39, 0.29) is 52.6 Å². The molecule has 2 N–H and O–H groups in total. The molecule has 0 fully saturated rings. The lowest BCUT2D eigenvalue weighted by atomic mass is 9.87. The Bertz CT molecular complexity index is 617. The van der Waals surface area contributed by atoms with Crippen molar-refractivity contribution in [3.8, 4) is 0 Å². The average molecular weight is 517 g/mol. The van der Waals surface area contributed by atoms with E-state index in [1.807, 2.05) is 6.92 Å². The number of rotatable bonds is 13. The monoisotopic (exact) mass is 516 g/mol. The van der Waals surface area contributed by atoms with Gasteiger partial charge in [-0.05, 0) is 61.4 Å². The van der Waals surface area contributed by atoms with Crippen LogP contribution in [0.15, 0.2) is 12.2 Å². The van der Waals surface area contributed by atoms with Gasteiger partial charge in [-0.1, -0.05) is 81.4 Å². The van der Waals surface area contributed by atoms with E-state index in [0.29, 0.717) is 0 Å². The van der Waals surface area contributed by atoms with Gasteiger partial charge in [0.25, 0.3) is 0 Å². The third-order valence-corrected chi connectivity index (χ3v) is 17.6. The zero-order chi connectivity index (χ0) is 27.3. The van der Waals surface area contributed by atoms with Gasteiger partial charge in [0, 0.05) is 18.4 Å². The second-order valence-electron chi connectivity index (χ2n) is 13.9. The van der Waals surface area contributed by atoms with Gasteiger partial charge in [-0.25, -0.2) is 0 Å². The Balaban J connectivity index is 5.60. The largest absolute Gasteiger partial charge is 0.413 e. The standard InChI is InChI=1S/C28H60O4Si2/c1-20(25(22(3)19-29)31-33(12,13)27(6,7)8)17-16-18-21(2)26(23(4)24(5)30)32-34(14,15)28(9,10)11/h16-17,20-26,29-30H,18-19H2,1-15H3/b17-16-. The van der Waals surface area contributed by atoms with Crippen LogP contribution in [0, 0.1) is 23.7 Å². The van der Waals surface area contributed by atoms with E-state index in [1.165, 1.54) is 0 Å². The molecule has 34 heavy (non-hydrogen) atoms. The minimum atomic E-state index is -1.96. The first-order valence-electron chi connectivity index (χ1n) is 13.4. The lowest BCUT2D eigenvalue weighted by Crippen LogP contribution is -2.48. The third-order valence-electron chi connectivity index (χ3n) is 8.63. The van der Waals surface area contributed by atoms with Crippen molar-refractivity contribution in [1.82, 2.24) is 0 Å². The summed E-state index contributed by atoms with van der Waals surface area (Å²) >= 11 is 0. The molecule has 204 valence electrons. The fourth-order valence-electron chi connectivity index (χ4n) is 3.65. The molecule has 0 heterocycles. The molecule has 0 bridgehead atoms. The Morgan fingerprint density at radius 2 is 1.15 bits per heavy atom. The highest BCUT2D eigenvalue weighted by atomic mass is 28.4. The van der Waals surface area contributed by atoms with Crippen molar-refractivity contribution in [2.24, 2.45) is 23.7 Å². The topological polar surface area (TPSA) is 58.9 Å². The molecule has 0 radical (unpaired) electrons. The second kappa shape index (κ2) is 13.0. The van der Waals surface area contributed by atoms with Crippen molar-refractivity contribution in [3.63, 3.8) is 0 Å². The lowest BCUT2D eigenvalue weighted by molar-refractivity contribution is 0.00989. The van der Waals surface area contributed by atoms with Crippen molar-refractivity contribution in [1.29, 1.82) is 0 Å². The Morgan fingerprint density at radius 1 is 0.735 bits per heavy atom. The van der Waals surface area contributed by atoms with Gasteiger partial charge >= 0.3 is 0 Å². The highest BCUT2D eigenvalue weighted by Crippen LogP contribution is 2.41. The summed E-state index contributed by atoms with van der Waals surface area (Å²) in [6.07, 6.45) is 5.01. The number of aliphatic hydroxyl groups is 2. The Hall–Kier alpha value is 0.0138. The van der Waals surface area contributed by atoms with Crippen LogP contribution in [0.3, 0.4) is 0 Å². The lowest BCUT2D eigenvalue weighted by Gasteiger charge is -2.43. The summed E-state index contributed by atoms with van der Waals surface area (Å²) in [5, 5.41) is 20.5. The number of hydrogen-bond acceptors (Lipinski definition) is 4. The number of allylic oxidation sites excluding steroid dienone is 1. The molecule has 4 nitrogen and oxygen atoms in total. The van der Waals surface area contributed by atoms with Gasteiger partial charge in [0.1, 0.15) is 0 Å². The Kier molecular flexibility index (Phi) is 13.0. The highest BCUT2D eigenvalue weighted by Gasteiger charge is 2.42. The summed E-state index contributed by atoms with van der Waals surface area (Å²) in [5.74, 6) is 0.643. The van der Waals surface area contributed by atoms with Crippen LogP contribution in [0.1, 0.15) is 82.6 Å². The molecule has 0 saturated heterocycles. The summed E-state index contributed by atoms with van der Waals surface area (Å²) in [7, 11) is -3.91. The molecular weight excluding hydrogens is 456 g/mol. The smallest absolute Gasteiger partial charge is 0.192 e. The molecule has 7 unspecified atom stereocenters. The zero-order valence-corrected chi connectivity index (χ0v) is 27.3. The Labute approximate surface area is 215 Å². The molecule has 6 heteroatoms. The van der Waals surface area contributed by atoms with Crippen LogP contribution in [-0.2, 0) is 8.85 Å².